The van der Waals surface area contributed by atoms with E-state index in [0.717, 1.165) is 33.0 Å². The van der Waals surface area contributed by atoms with Crippen LogP contribution in [0, 0.1) is 0 Å². The molecule has 0 bridgehead atoms. The molecule has 0 aliphatic carbocycles. The Hall–Kier alpha value is -2.63. The molecule has 26 heavy (non-hydrogen) atoms. The highest BCUT2D eigenvalue weighted by atomic mass is 32.1. The van der Waals surface area contributed by atoms with Crippen LogP contribution in [0.25, 0.3) is 11.1 Å². The van der Waals surface area contributed by atoms with Gasteiger partial charge in [0.15, 0.2) is 0 Å². The van der Waals surface area contributed by atoms with Crippen molar-refractivity contribution in [1.82, 2.24) is 0 Å². The van der Waals surface area contributed by atoms with E-state index in [-0.39, 0.29) is 12.5 Å². The van der Waals surface area contributed by atoms with Gasteiger partial charge in [-0.05, 0) is 53.8 Å². The third kappa shape index (κ3) is 2.89. The molecule has 2 aromatic carbocycles. The fourth-order valence-corrected chi connectivity index (χ4v) is 4.11. The third-order valence-electron chi connectivity index (χ3n) is 4.69. The molecule has 0 spiro atoms. The van der Waals surface area contributed by atoms with Gasteiger partial charge in [-0.3, -0.25) is 4.79 Å². The van der Waals surface area contributed by atoms with Crippen molar-refractivity contribution >= 4 is 22.9 Å². The van der Waals surface area contributed by atoms with Crippen molar-refractivity contribution in [3.8, 4) is 16.9 Å². The van der Waals surface area contributed by atoms with Crippen LogP contribution in [0.4, 0.5) is 5.69 Å². The van der Waals surface area contributed by atoms with Gasteiger partial charge in [-0.1, -0.05) is 24.3 Å². The molecule has 2 heterocycles. The molecule has 1 atom stereocenters. The van der Waals surface area contributed by atoms with Crippen LogP contribution in [0.1, 0.15) is 17.4 Å². The predicted octanol–water partition coefficient (Wildman–Crippen LogP) is 4.66. The van der Waals surface area contributed by atoms with Gasteiger partial charge in [0.25, 0.3) is 0 Å². The predicted molar refractivity (Wildman–Crippen MR) is 104 cm³/mol. The lowest BCUT2D eigenvalue weighted by Crippen LogP contribution is -2.27. The summed E-state index contributed by atoms with van der Waals surface area (Å²) in [6, 6.07) is 18.0. The van der Waals surface area contributed by atoms with Crippen LogP contribution in [0.3, 0.4) is 0 Å². The largest absolute Gasteiger partial charge is 0.497 e. The van der Waals surface area contributed by atoms with Crippen molar-refractivity contribution in [2.24, 2.45) is 0 Å². The number of thiophene rings is 1. The number of benzene rings is 2. The van der Waals surface area contributed by atoms with Crippen molar-refractivity contribution < 1.29 is 14.3 Å². The van der Waals surface area contributed by atoms with E-state index in [9.17, 15) is 4.79 Å². The van der Waals surface area contributed by atoms with Crippen LogP contribution in [0.2, 0.25) is 0 Å². The summed E-state index contributed by atoms with van der Waals surface area (Å²) < 4.78 is 11.4. The minimum atomic E-state index is -0.683. The molecule has 1 N–H and O–H groups in total. The van der Waals surface area contributed by atoms with Gasteiger partial charge in [0.1, 0.15) is 18.0 Å². The number of nitrogens with one attached hydrogen (secondary N) is 1. The average molecular weight is 365 g/mol. The molecule has 1 amide bonds. The molecule has 0 saturated carbocycles. The molecule has 4 rings (SSSR count). The highest BCUT2D eigenvalue weighted by molar-refractivity contribution is 7.10. The lowest BCUT2D eigenvalue weighted by atomic mass is 9.89. The van der Waals surface area contributed by atoms with Crippen LogP contribution in [0.5, 0.6) is 5.75 Å². The van der Waals surface area contributed by atoms with Gasteiger partial charge in [-0.25, -0.2) is 0 Å². The summed E-state index contributed by atoms with van der Waals surface area (Å²) in [7, 11) is 1.66. The highest BCUT2D eigenvalue weighted by Gasteiger charge is 2.36. The van der Waals surface area contributed by atoms with E-state index < -0.39 is 5.60 Å². The Morgan fingerprint density at radius 2 is 1.96 bits per heavy atom. The average Bonchev–Trinajstić information content (AvgIpc) is 3.18. The maximum atomic E-state index is 12.1. The lowest BCUT2D eigenvalue weighted by Gasteiger charge is -2.29. The molecule has 0 radical (unpaired) electrons. The normalized spacial score (nSPS) is 19.4. The molecular weight excluding hydrogens is 346 g/mol. The van der Waals surface area contributed by atoms with Gasteiger partial charge < -0.3 is 14.8 Å². The Morgan fingerprint density at radius 3 is 2.73 bits per heavy atom. The Bertz CT molecular complexity index is 952. The maximum Gasteiger partial charge on any atom is 0.250 e. The van der Waals surface area contributed by atoms with Crippen LogP contribution >= 0.6 is 11.3 Å². The van der Waals surface area contributed by atoms with Crippen molar-refractivity contribution in [3.05, 3.63) is 70.4 Å². The molecule has 1 aromatic heterocycles. The smallest absolute Gasteiger partial charge is 0.250 e. The standard InChI is InChI=1S/C21H19NO3S/c1-21(19-7-4-10-26-19)17-12-15(14-5-3-6-16(11-14)24-2)8-9-18(17)22-20(23)13-25-21/h3-12H,13H2,1-2H3,(H,22,23). The Balaban J connectivity index is 1.88. The first kappa shape index (κ1) is 16.8. The van der Waals surface area contributed by atoms with E-state index in [2.05, 4.69) is 11.4 Å². The van der Waals surface area contributed by atoms with Gasteiger partial charge in [0.2, 0.25) is 5.91 Å². The van der Waals surface area contributed by atoms with Crippen LogP contribution < -0.4 is 10.1 Å². The van der Waals surface area contributed by atoms with Crippen molar-refractivity contribution in [2.45, 2.75) is 12.5 Å². The molecule has 1 aliphatic rings. The van der Waals surface area contributed by atoms with E-state index in [0.29, 0.717) is 0 Å². The third-order valence-corrected chi connectivity index (χ3v) is 5.77. The summed E-state index contributed by atoms with van der Waals surface area (Å²) in [5.41, 5.74) is 3.15. The Labute approximate surface area is 156 Å². The van der Waals surface area contributed by atoms with Crippen LogP contribution in [0.15, 0.2) is 60.0 Å². The number of hydrogen-bond donors (Lipinski definition) is 1. The molecule has 3 aromatic rings. The van der Waals surface area contributed by atoms with E-state index >= 15 is 0 Å². The fraction of sp³-hybridized carbons (Fsp3) is 0.190. The molecule has 0 fully saturated rings. The van der Waals surface area contributed by atoms with Gasteiger partial charge in [-0.2, -0.15) is 0 Å². The number of amides is 1. The summed E-state index contributed by atoms with van der Waals surface area (Å²) in [4.78, 5) is 13.2. The number of carbonyl (C=O) groups excluding carboxylic acids is 1. The molecular formula is C21H19NO3S. The summed E-state index contributed by atoms with van der Waals surface area (Å²) in [6.45, 7) is 2.05. The van der Waals surface area contributed by atoms with Gasteiger partial charge in [0.05, 0.1) is 7.11 Å². The summed E-state index contributed by atoms with van der Waals surface area (Å²) in [6.07, 6.45) is 0. The number of methoxy groups -OCH3 is 1. The number of rotatable bonds is 3. The number of anilines is 1. The quantitative estimate of drug-likeness (QED) is 0.735. The molecule has 132 valence electrons. The zero-order valence-corrected chi connectivity index (χ0v) is 15.4. The Kier molecular flexibility index (Phi) is 4.26. The van der Waals surface area contributed by atoms with Crippen LogP contribution in [-0.4, -0.2) is 19.6 Å². The van der Waals surface area contributed by atoms with Crippen molar-refractivity contribution in [2.75, 3.05) is 19.0 Å². The zero-order valence-electron chi connectivity index (χ0n) is 14.6. The first-order chi connectivity index (χ1) is 12.6. The fourth-order valence-electron chi connectivity index (χ4n) is 3.26. The number of fused-ring (bicyclic) bond motifs is 1. The minimum Gasteiger partial charge on any atom is -0.497 e. The maximum absolute atomic E-state index is 12.1. The molecule has 4 nitrogen and oxygen atoms in total. The minimum absolute atomic E-state index is 0.0254. The van der Waals surface area contributed by atoms with Gasteiger partial charge in [0, 0.05) is 16.1 Å². The zero-order chi connectivity index (χ0) is 18.1. The summed E-state index contributed by atoms with van der Waals surface area (Å²) in [5, 5.41) is 4.98. The first-order valence-corrected chi connectivity index (χ1v) is 9.25. The van der Waals surface area contributed by atoms with Gasteiger partial charge >= 0.3 is 0 Å². The first-order valence-electron chi connectivity index (χ1n) is 8.37. The summed E-state index contributed by atoms with van der Waals surface area (Å²) in [5.74, 6) is 0.670. The van der Waals surface area contributed by atoms with E-state index in [4.69, 9.17) is 9.47 Å². The molecule has 1 aliphatic heterocycles. The number of carbonyl (C=O) groups is 1. The topological polar surface area (TPSA) is 47.6 Å². The van der Waals surface area contributed by atoms with Crippen LogP contribution in [-0.2, 0) is 15.1 Å². The van der Waals surface area contributed by atoms with E-state index in [1.54, 1.807) is 18.4 Å². The molecule has 5 heteroatoms. The number of ether oxygens (including phenoxy) is 2. The molecule has 1 unspecified atom stereocenters. The second-order valence-corrected chi connectivity index (χ2v) is 7.29. The lowest BCUT2D eigenvalue weighted by molar-refractivity contribution is -0.124. The number of hydrogen-bond acceptors (Lipinski definition) is 4. The second kappa shape index (κ2) is 6.59. The summed E-state index contributed by atoms with van der Waals surface area (Å²) >= 11 is 1.63. The Morgan fingerprint density at radius 1 is 1.12 bits per heavy atom. The van der Waals surface area contributed by atoms with Crippen molar-refractivity contribution in [3.63, 3.8) is 0 Å². The van der Waals surface area contributed by atoms with E-state index in [1.807, 2.05) is 60.8 Å². The van der Waals surface area contributed by atoms with Gasteiger partial charge in [-0.15, -0.1) is 11.3 Å². The molecule has 0 saturated heterocycles. The monoisotopic (exact) mass is 365 g/mol. The SMILES string of the molecule is COc1cccc(-c2ccc3c(c2)C(C)(c2cccs2)OCC(=O)N3)c1. The van der Waals surface area contributed by atoms with E-state index in [1.165, 1.54) is 0 Å². The van der Waals surface area contributed by atoms with Crippen molar-refractivity contribution in [1.29, 1.82) is 0 Å². The second-order valence-electron chi connectivity index (χ2n) is 6.34. The highest BCUT2D eigenvalue weighted by Crippen LogP contribution is 2.43.